The number of nitrogens with zero attached hydrogens (tertiary/aromatic N) is 1. The molecular formula is C19H37N3O2S. The van der Waals surface area contributed by atoms with Crippen molar-refractivity contribution in [2.24, 2.45) is 4.99 Å². The van der Waals surface area contributed by atoms with E-state index >= 15 is 0 Å². The van der Waals surface area contributed by atoms with Crippen molar-refractivity contribution in [3.8, 4) is 0 Å². The van der Waals surface area contributed by atoms with E-state index in [0.717, 1.165) is 64.7 Å². The van der Waals surface area contributed by atoms with E-state index in [2.05, 4.69) is 23.8 Å². The highest BCUT2D eigenvalue weighted by molar-refractivity contribution is 8.00. The van der Waals surface area contributed by atoms with Gasteiger partial charge in [-0.1, -0.05) is 19.3 Å². The summed E-state index contributed by atoms with van der Waals surface area (Å²) in [5.74, 6) is 0.931. The van der Waals surface area contributed by atoms with Crippen LogP contribution in [0.3, 0.4) is 0 Å². The van der Waals surface area contributed by atoms with Crippen LogP contribution in [-0.4, -0.2) is 62.5 Å². The Hall–Kier alpha value is -0.460. The normalized spacial score (nSPS) is 21.9. The highest BCUT2D eigenvalue weighted by atomic mass is 32.2. The van der Waals surface area contributed by atoms with Gasteiger partial charge in [0.05, 0.1) is 12.6 Å². The van der Waals surface area contributed by atoms with Gasteiger partial charge >= 0.3 is 0 Å². The predicted octanol–water partition coefficient (Wildman–Crippen LogP) is 3.19. The van der Waals surface area contributed by atoms with Gasteiger partial charge in [-0.05, 0) is 45.3 Å². The summed E-state index contributed by atoms with van der Waals surface area (Å²) < 4.78 is 11.8. The van der Waals surface area contributed by atoms with Gasteiger partial charge in [0.25, 0.3) is 0 Å². The van der Waals surface area contributed by atoms with Gasteiger partial charge in [-0.2, -0.15) is 11.8 Å². The van der Waals surface area contributed by atoms with Crippen LogP contribution in [0.2, 0.25) is 0 Å². The van der Waals surface area contributed by atoms with E-state index in [1.165, 1.54) is 32.1 Å². The number of hydrogen-bond donors (Lipinski definition) is 2. The molecule has 1 saturated heterocycles. The second kappa shape index (κ2) is 12.0. The van der Waals surface area contributed by atoms with E-state index in [0.29, 0.717) is 6.10 Å². The third-order valence-electron chi connectivity index (χ3n) is 5.23. The van der Waals surface area contributed by atoms with Crippen LogP contribution in [0, 0.1) is 0 Å². The number of rotatable bonds is 9. The molecule has 0 amide bonds. The summed E-state index contributed by atoms with van der Waals surface area (Å²) in [4.78, 5) is 4.84. The molecule has 2 aliphatic rings. The topological polar surface area (TPSA) is 54.9 Å². The van der Waals surface area contributed by atoms with Crippen LogP contribution in [0.5, 0.6) is 0 Å². The fraction of sp³-hybridized carbons (Fsp3) is 0.947. The van der Waals surface area contributed by atoms with Crippen LogP contribution >= 0.6 is 11.8 Å². The quantitative estimate of drug-likeness (QED) is 0.370. The molecule has 0 bridgehead atoms. The predicted molar refractivity (Wildman–Crippen MR) is 108 cm³/mol. The third kappa shape index (κ3) is 7.75. The molecule has 0 aromatic heterocycles. The van der Waals surface area contributed by atoms with Crippen molar-refractivity contribution in [1.29, 1.82) is 0 Å². The lowest BCUT2D eigenvalue weighted by molar-refractivity contribution is 0.0277. The summed E-state index contributed by atoms with van der Waals surface area (Å²) in [5.41, 5.74) is 0. The summed E-state index contributed by atoms with van der Waals surface area (Å²) in [5, 5.41) is 6.82. The molecular weight excluding hydrogens is 334 g/mol. The lowest BCUT2D eigenvalue weighted by atomic mass is 9.98. The van der Waals surface area contributed by atoms with E-state index in [-0.39, 0.29) is 4.75 Å². The lowest BCUT2D eigenvalue weighted by Crippen LogP contribution is -2.41. The molecule has 1 aliphatic carbocycles. The van der Waals surface area contributed by atoms with E-state index in [1.54, 1.807) is 0 Å². The Balaban J connectivity index is 1.67. The van der Waals surface area contributed by atoms with Crippen LogP contribution in [0.15, 0.2) is 4.99 Å². The van der Waals surface area contributed by atoms with Crippen molar-refractivity contribution in [3.05, 3.63) is 0 Å². The molecule has 1 saturated carbocycles. The fourth-order valence-corrected chi connectivity index (χ4v) is 4.26. The molecule has 0 aromatic carbocycles. The second-order valence-electron chi connectivity index (χ2n) is 7.11. The van der Waals surface area contributed by atoms with Crippen molar-refractivity contribution < 1.29 is 9.47 Å². The summed E-state index contributed by atoms with van der Waals surface area (Å²) in [6.45, 7) is 7.34. The number of ether oxygens (including phenoxy) is 2. The van der Waals surface area contributed by atoms with Gasteiger partial charge in [-0.3, -0.25) is 4.99 Å². The van der Waals surface area contributed by atoms with Gasteiger partial charge in [0.2, 0.25) is 0 Å². The van der Waals surface area contributed by atoms with E-state index in [1.807, 2.05) is 11.8 Å². The van der Waals surface area contributed by atoms with Gasteiger partial charge < -0.3 is 20.1 Å². The van der Waals surface area contributed by atoms with Crippen molar-refractivity contribution in [3.63, 3.8) is 0 Å². The number of guanidine groups is 1. The molecule has 2 fully saturated rings. The first-order chi connectivity index (χ1) is 12.3. The maximum absolute atomic E-state index is 6.00. The average Bonchev–Trinajstić information content (AvgIpc) is 2.67. The van der Waals surface area contributed by atoms with E-state index in [9.17, 15) is 0 Å². The Morgan fingerprint density at radius 3 is 2.64 bits per heavy atom. The average molecular weight is 372 g/mol. The largest absolute Gasteiger partial charge is 0.381 e. The van der Waals surface area contributed by atoms with Gasteiger partial charge in [-0.15, -0.1) is 0 Å². The molecule has 1 aliphatic heterocycles. The van der Waals surface area contributed by atoms with Crippen molar-refractivity contribution in [1.82, 2.24) is 10.6 Å². The molecule has 2 N–H and O–H groups in total. The van der Waals surface area contributed by atoms with Crippen molar-refractivity contribution >= 4 is 17.7 Å². The first kappa shape index (κ1) is 20.8. The van der Waals surface area contributed by atoms with Gasteiger partial charge in [0, 0.05) is 37.7 Å². The molecule has 0 spiro atoms. The molecule has 0 aromatic rings. The van der Waals surface area contributed by atoms with E-state index in [4.69, 9.17) is 14.5 Å². The molecule has 1 heterocycles. The maximum Gasteiger partial charge on any atom is 0.191 e. The number of thioether (sulfide) groups is 1. The lowest BCUT2D eigenvalue weighted by Gasteiger charge is -2.34. The number of nitrogens with one attached hydrogen (secondary N) is 2. The first-order valence-electron chi connectivity index (χ1n) is 10.0. The second-order valence-corrected chi connectivity index (χ2v) is 8.38. The van der Waals surface area contributed by atoms with Crippen LogP contribution in [0.4, 0.5) is 0 Å². The zero-order valence-corrected chi connectivity index (χ0v) is 17.0. The number of aliphatic imine (C=N–C) groups is 1. The summed E-state index contributed by atoms with van der Waals surface area (Å²) in [6, 6.07) is 0. The van der Waals surface area contributed by atoms with Crippen LogP contribution < -0.4 is 10.6 Å². The summed E-state index contributed by atoms with van der Waals surface area (Å²) in [6.07, 6.45) is 12.5. The molecule has 0 atom stereocenters. The van der Waals surface area contributed by atoms with Gasteiger partial charge in [0.15, 0.2) is 5.96 Å². The smallest absolute Gasteiger partial charge is 0.191 e. The first-order valence-corrected chi connectivity index (χ1v) is 11.3. The zero-order chi connectivity index (χ0) is 17.8. The Morgan fingerprint density at radius 2 is 1.96 bits per heavy atom. The summed E-state index contributed by atoms with van der Waals surface area (Å²) in [7, 11) is 0. The SMILES string of the molecule is CCNC(=NCC1(SC)CCOCC1)NCCCOC1CCCCC1. The minimum Gasteiger partial charge on any atom is -0.381 e. The van der Waals surface area contributed by atoms with Gasteiger partial charge in [-0.25, -0.2) is 0 Å². The monoisotopic (exact) mass is 371 g/mol. The molecule has 2 rings (SSSR count). The molecule has 0 radical (unpaired) electrons. The molecule has 25 heavy (non-hydrogen) atoms. The molecule has 146 valence electrons. The minimum absolute atomic E-state index is 0.241. The van der Waals surface area contributed by atoms with Crippen LogP contribution in [-0.2, 0) is 9.47 Å². The Morgan fingerprint density at radius 1 is 1.20 bits per heavy atom. The molecule has 6 heteroatoms. The van der Waals surface area contributed by atoms with E-state index < -0.39 is 0 Å². The Labute approximate surface area is 158 Å². The standard InChI is InChI=1S/C19H37N3O2S/c1-3-20-18(22-16-19(25-2)10-14-23-15-11-19)21-12-7-13-24-17-8-5-4-6-9-17/h17H,3-16H2,1-2H3,(H2,20,21,22). The van der Waals surface area contributed by atoms with Crippen LogP contribution in [0.25, 0.3) is 0 Å². The van der Waals surface area contributed by atoms with Crippen molar-refractivity contribution in [2.75, 3.05) is 45.7 Å². The number of hydrogen-bond acceptors (Lipinski definition) is 4. The molecule has 5 nitrogen and oxygen atoms in total. The third-order valence-corrected chi connectivity index (χ3v) is 6.63. The molecule has 0 unspecified atom stereocenters. The Kier molecular flexibility index (Phi) is 10.0. The minimum atomic E-state index is 0.241. The highest BCUT2D eigenvalue weighted by Gasteiger charge is 2.31. The van der Waals surface area contributed by atoms with Crippen molar-refractivity contribution in [2.45, 2.75) is 69.1 Å². The zero-order valence-electron chi connectivity index (χ0n) is 16.1. The summed E-state index contributed by atoms with van der Waals surface area (Å²) >= 11 is 1.94. The van der Waals surface area contributed by atoms with Crippen LogP contribution in [0.1, 0.15) is 58.3 Å². The fourth-order valence-electron chi connectivity index (χ4n) is 3.50. The maximum atomic E-state index is 6.00. The highest BCUT2D eigenvalue weighted by Crippen LogP contribution is 2.33. The van der Waals surface area contributed by atoms with Gasteiger partial charge in [0.1, 0.15) is 0 Å². The Bertz CT molecular complexity index is 381.